The third-order valence-corrected chi connectivity index (χ3v) is 4.47. The molecule has 0 saturated carbocycles. The highest BCUT2D eigenvalue weighted by Gasteiger charge is 2.18. The zero-order valence-electron chi connectivity index (χ0n) is 10.6. The summed E-state index contributed by atoms with van der Waals surface area (Å²) in [6, 6.07) is 1.70. The van der Waals surface area contributed by atoms with Crippen LogP contribution in [-0.4, -0.2) is 26.0 Å². The molecule has 2 rings (SSSR count). The molecule has 2 aromatic rings. The second kappa shape index (κ2) is 5.76. The first kappa shape index (κ1) is 14.7. The minimum Gasteiger partial charge on any atom is -0.478 e. The summed E-state index contributed by atoms with van der Waals surface area (Å²) in [5.41, 5.74) is 1.11. The van der Waals surface area contributed by atoms with Gasteiger partial charge in [0.1, 0.15) is 14.5 Å². The van der Waals surface area contributed by atoms with Gasteiger partial charge in [-0.05, 0) is 53.2 Å². The number of carboxylic acid groups (broad SMARTS) is 1. The molecule has 0 aromatic carbocycles. The van der Waals surface area contributed by atoms with Gasteiger partial charge in [-0.2, -0.15) is 0 Å². The van der Waals surface area contributed by atoms with Crippen molar-refractivity contribution in [2.45, 2.75) is 23.9 Å². The number of rotatable bonds is 3. The van der Waals surface area contributed by atoms with Crippen molar-refractivity contribution in [1.29, 1.82) is 0 Å². The van der Waals surface area contributed by atoms with Crippen LogP contribution in [0.5, 0.6) is 0 Å². The van der Waals surface area contributed by atoms with E-state index in [0.29, 0.717) is 21.3 Å². The van der Waals surface area contributed by atoms with Crippen molar-refractivity contribution in [3.63, 3.8) is 0 Å². The number of carbonyl (C=O) groups is 1. The second-order valence-electron chi connectivity index (χ2n) is 4.02. The molecule has 2 N–H and O–H groups in total. The van der Waals surface area contributed by atoms with Gasteiger partial charge in [0.25, 0.3) is 5.56 Å². The molecule has 0 fully saturated rings. The quantitative estimate of drug-likeness (QED) is 0.820. The van der Waals surface area contributed by atoms with Crippen LogP contribution in [0.25, 0.3) is 0 Å². The van der Waals surface area contributed by atoms with E-state index in [1.807, 2.05) is 0 Å². The lowest BCUT2D eigenvalue weighted by molar-refractivity contribution is 0.0691. The Hall–Kier alpha value is -1.67. The van der Waals surface area contributed by atoms with Gasteiger partial charge >= 0.3 is 5.97 Å². The average Bonchev–Trinajstić information content (AvgIpc) is 2.33. The number of aryl methyl sites for hydroxylation is 2. The molecule has 0 aliphatic carbocycles. The first-order valence-electron chi connectivity index (χ1n) is 5.52. The number of carboxylic acids is 1. The zero-order chi connectivity index (χ0) is 14.9. The van der Waals surface area contributed by atoms with E-state index >= 15 is 0 Å². The van der Waals surface area contributed by atoms with Crippen molar-refractivity contribution in [3.8, 4) is 0 Å². The van der Waals surface area contributed by atoms with Crippen LogP contribution < -0.4 is 5.56 Å². The lowest BCUT2D eigenvalue weighted by Crippen LogP contribution is -2.09. The summed E-state index contributed by atoms with van der Waals surface area (Å²) in [6.07, 6.45) is 1.26. The summed E-state index contributed by atoms with van der Waals surface area (Å²) < 4.78 is 0.252. The molecule has 20 heavy (non-hydrogen) atoms. The normalized spacial score (nSPS) is 10.6. The van der Waals surface area contributed by atoms with Gasteiger partial charge in [-0.1, -0.05) is 0 Å². The van der Waals surface area contributed by atoms with Crippen molar-refractivity contribution < 1.29 is 9.90 Å². The molecule has 0 radical (unpaired) electrons. The van der Waals surface area contributed by atoms with Crippen LogP contribution in [-0.2, 0) is 0 Å². The van der Waals surface area contributed by atoms with Crippen LogP contribution in [0.4, 0.5) is 0 Å². The average molecular weight is 356 g/mol. The van der Waals surface area contributed by atoms with Gasteiger partial charge in [-0.3, -0.25) is 4.79 Å². The molecule has 0 bridgehead atoms. The molecule has 0 saturated heterocycles. The molecule has 0 amide bonds. The van der Waals surface area contributed by atoms with Crippen LogP contribution in [0.1, 0.15) is 21.6 Å². The Morgan fingerprint density at radius 1 is 1.40 bits per heavy atom. The highest BCUT2D eigenvalue weighted by Crippen LogP contribution is 2.32. The van der Waals surface area contributed by atoms with E-state index in [4.69, 9.17) is 0 Å². The first-order chi connectivity index (χ1) is 9.40. The molecule has 0 spiro atoms. The van der Waals surface area contributed by atoms with E-state index < -0.39 is 5.97 Å². The maximum atomic E-state index is 11.5. The van der Waals surface area contributed by atoms with E-state index in [1.165, 1.54) is 6.33 Å². The summed E-state index contributed by atoms with van der Waals surface area (Å²) in [7, 11) is 0. The van der Waals surface area contributed by atoms with Crippen molar-refractivity contribution in [2.24, 2.45) is 0 Å². The molecule has 2 heterocycles. The Kier molecular flexibility index (Phi) is 4.24. The lowest BCUT2D eigenvalue weighted by Gasteiger charge is -2.09. The fraction of sp³-hybridized carbons (Fsp3) is 0.167. The summed E-state index contributed by atoms with van der Waals surface area (Å²) in [5.74, 6) is -1.06. The molecular weight excluding hydrogens is 346 g/mol. The van der Waals surface area contributed by atoms with E-state index in [0.717, 1.165) is 11.8 Å². The zero-order valence-corrected chi connectivity index (χ0v) is 13.0. The number of hydrogen-bond acceptors (Lipinski definition) is 5. The molecule has 104 valence electrons. The maximum absolute atomic E-state index is 11.5. The number of aromatic carboxylic acids is 1. The molecule has 8 heteroatoms. The largest absolute Gasteiger partial charge is 0.478 e. The smallest absolute Gasteiger partial charge is 0.338 e. The standard InChI is InChI=1S/C12H10BrN3O3S/c1-5-3-6(2)16-10(7(5)12(18)19)20-11-8(13)9(17)14-4-15-11/h3-4H,1-2H3,(H,18,19)(H,14,15,17). The number of nitrogens with one attached hydrogen (secondary N) is 1. The number of H-pyrrole nitrogens is 1. The molecule has 0 unspecified atom stereocenters. The third-order valence-electron chi connectivity index (χ3n) is 2.48. The van der Waals surface area contributed by atoms with Crippen molar-refractivity contribution in [3.05, 3.63) is 44.0 Å². The highest BCUT2D eigenvalue weighted by atomic mass is 79.9. The fourth-order valence-corrected chi connectivity index (χ4v) is 3.14. The van der Waals surface area contributed by atoms with Crippen LogP contribution in [0.2, 0.25) is 0 Å². The van der Waals surface area contributed by atoms with E-state index in [9.17, 15) is 14.7 Å². The summed E-state index contributed by atoms with van der Waals surface area (Å²) in [5, 5.41) is 9.97. The van der Waals surface area contributed by atoms with Gasteiger partial charge in [0, 0.05) is 5.69 Å². The molecule has 0 aliphatic rings. The van der Waals surface area contributed by atoms with E-state index in [1.54, 1.807) is 19.9 Å². The van der Waals surface area contributed by atoms with Crippen LogP contribution in [0.15, 0.2) is 31.7 Å². The lowest BCUT2D eigenvalue weighted by atomic mass is 10.1. The maximum Gasteiger partial charge on any atom is 0.338 e. The van der Waals surface area contributed by atoms with Crippen molar-refractivity contribution in [1.82, 2.24) is 15.0 Å². The van der Waals surface area contributed by atoms with Gasteiger partial charge in [-0.15, -0.1) is 0 Å². The summed E-state index contributed by atoms with van der Waals surface area (Å²) >= 11 is 4.18. The SMILES string of the molecule is Cc1cc(C)c(C(=O)O)c(Sc2nc[nH]c(=O)c2Br)n1. The second-order valence-corrected chi connectivity index (χ2v) is 5.79. The predicted octanol–water partition coefficient (Wildman–Crippen LogP) is 2.39. The Morgan fingerprint density at radius 2 is 2.10 bits per heavy atom. The molecular formula is C12H10BrN3O3S. The summed E-state index contributed by atoms with van der Waals surface area (Å²) in [6.45, 7) is 3.49. The number of nitrogens with zero attached hydrogens (tertiary/aromatic N) is 2. The Morgan fingerprint density at radius 3 is 2.75 bits per heavy atom. The van der Waals surface area contributed by atoms with Gasteiger partial charge in [-0.25, -0.2) is 14.8 Å². The minimum atomic E-state index is -1.06. The highest BCUT2D eigenvalue weighted by molar-refractivity contribution is 9.10. The van der Waals surface area contributed by atoms with E-state index in [-0.39, 0.29) is 15.6 Å². The number of aromatic amines is 1. The van der Waals surface area contributed by atoms with Gasteiger partial charge in [0.05, 0.1) is 11.9 Å². The number of halogens is 1. The minimum absolute atomic E-state index is 0.120. The van der Waals surface area contributed by atoms with Crippen LogP contribution in [0.3, 0.4) is 0 Å². The monoisotopic (exact) mass is 355 g/mol. The third kappa shape index (κ3) is 2.91. The first-order valence-corrected chi connectivity index (χ1v) is 7.13. The molecule has 0 aliphatic heterocycles. The molecule has 0 atom stereocenters. The topological polar surface area (TPSA) is 95.9 Å². The molecule has 2 aromatic heterocycles. The summed E-state index contributed by atoms with van der Waals surface area (Å²) in [4.78, 5) is 33.5. The van der Waals surface area contributed by atoms with Crippen molar-refractivity contribution >= 4 is 33.7 Å². The van der Waals surface area contributed by atoms with Crippen LogP contribution >= 0.6 is 27.7 Å². The Balaban J connectivity index is 2.56. The van der Waals surface area contributed by atoms with Gasteiger partial charge in [0.2, 0.25) is 0 Å². The van der Waals surface area contributed by atoms with Crippen molar-refractivity contribution in [2.75, 3.05) is 0 Å². The Labute approximate surface area is 126 Å². The van der Waals surface area contributed by atoms with Gasteiger partial charge in [0.15, 0.2) is 0 Å². The van der Waals surface area contributed by atoms with E-state index in [2.05, 4.69) is 30.9 Å². The molecule has 6 nitrogen and oxygen atoms in total. The predicted molar refractivity (Wildman–Crippen MR) is 77.4 cm³/mol. The number of aromatic nitrogens is 3. The van der Waals surface area contributed by atoms with Crippen LogP contribution in [0, 0.1) is 13.8 Å². The van der Waals surface area contributed by atoms with Gasteiger partial charge < -0.3 is 10.1 Å². The Bertz CT molecular complexity index is 745. The number of hydrogen-bond donors (Lipinski definition) is 2. The fourth-order valence-electron chi connectivity index (χ4n) is 1.67. The number of pyridine rings is 1.